The Morgan fingerprint density at radius 1 is 1.28 bits per heavy atom. The second-order valence-electron chi connectivity index (χ2n) is 5.59. The van der Waals surface area contributed by atoms with Crippen LogP contribution in [-0.2, 0) is 4.79 Å². The maximum absolute atomic E-state index is 12.6. The Kier molecular flexibility index (Phi) is 5.37. The van der Waals surface area contributed by atoms with Gasteiger partial charge in [-0.05, 0) is 24.1 Å². The van der Waals surface area contributed by atoms with E-state index in [2.05, 4.69) is 21.2 Å². The highest BCUT2D eigenvalue weighted by Crippen LogP contribution is 2.36. The van der Waals surface area contributed by atoms with Crippen molar-refractivity contribution in [2.75, 3.05) is 19.5 Å². The lowest BCUT2D eigenvalue weighted by Crippen LogP contribution is -2.39. The van der Waals surface area contributed by atoms with Gasteiger partial charge in [-0.1, -0.05) is 17.7 Å². The van der Waals surface area contributed by atoms with E-state index in [4.69, 9.17) is 21.1 Å². The van der Waals surface area contributed by atoms with Crippen molar-refractivity contribution in [3.63, 3.8) is 0 Å². The summed E-state index contributed by atoms with van der Waals surface area (Å²) >= 11 is 6.14. The third-order valence-electron chi connectivity index (χ3n) is 4.04. The summed E-state index contributed by atoms with van der Waals surface area (Å²) < 4.78 is 10.5. The molecule has 1 aliphatic heterocycles. The van der Waals surface area contributed by atoms with Gasteiger partial charge < -0.3 is 14.8 Å². The predicted molar refractivity (Wildman–Crippen MR) is 94.8 cm³/mol. The molecule has 1 aliphatic rings. The molecule has 2 atom stereocenters. The maximum atomic E-state index is 12.6. The number of amides is 1. The van der Waals surface area contributed by atoms with E-state index >= 15 is 0 Å². The Morgan fingerprint density at radius 3 is 2.76 bits per heavy atom. The molecule has 0 bridgehead atoms. The van der Waals surface area contributed by atoms with Gasteiger partial charge in [-0.2, -0.15) is 0 Å². The SMILES string of the molecule is COc1cc(OC)c(NC(=O)C2CC(c3cccnc3)NN2)cc1Cl. The van der Waals surface area contributed by atoms with Crippen LogP contribution in [0.15, 0.2) is 36.7 Å². The van der Waals surface area contributed by atoms with Gasteiger partial charge in [0, 0.05) is 24.5 Å². The van der Waals surface area contributed by atoms with Gasteiger partial charge in [0.2, 0.25) is 5.91 Å². The summed E-state index contributed by atoms with van der Waals surface area (Å²) in [5.74, 6) is 0.775. The zero-order valence-electron chi connectivity index (χ0n) is 13.9. The minimum Gasteiger partial charge on any atom is -0.495 e. The zero-order chi connectivity index (χ0) is 17.8. The number of carbonyl (C=O) groups excluding carboxylic acids is 1. The van der Waals surface area contributed by atoms with E-state index in [0.717, 1.165) is 5.56 Å². The van der Waals surface area contributed by atoms with Gasteiger partial charge in [0.15, 0.2) is 0 Å². The summed E-state index contributed by atoms with van der Waals surface area (Å²) in [5.41, 5.74) is 7.65. The summed E-state index contributed by atoms with van der Waals surface area (Å²) in [5, 5.41) is 3.24. The van der Waals surface area contributed by atoms with Crippen molar-refractivity contribution < 1.29 is 14.3 Å². The van der Waals surface area contributed by atoms with Crippen LogP contribution in [0.4, 0.5) is 5.69 Å². The fraction of sp³-hybridized carbons (Fsp3) is 0.294. The third-order valence-corrected chi connectivity index (χ3v) is 4.33. The van der Waals surface area contributed by atoms with E-state index < -0.39 is 6.04 Å². The summed E-state index contributed by atoms with van der Waals surface area (Å²) in [6.07, 6.45) is 4.10. The first-order chi connectivity index (χ1) is 12.1. The largest absolute Gasteiger partial charge is 0.495 e. The molecule has 1 aromatic carbocycles. The third kappa shape index (κ3) is 3.84. The molecule has 0 saturated carbocycles. The zero-order valence-corrected chi connectivity index (χ0v) is 14.6. The highest BCUT2D eigenvalue weighted by Gasteiger charge is 2.30. The minimum atomic E-state index is -0.393. The molecular formula is C17H19ClN4O3. The molecule has 25 heavy (non-hydrogen) atoms. The van der Waals surface area contributed by atoms with E-state index in [1.165, 1.54) is 14.2 Å². The smallest absolute Gasteiger partial charge is 0.243 e. The molecular weight excluding hydrogens is 344 g/mol. The van der Waals surface area contributed by atoms with Crippen LogP contribution in [0.25, 0.3) is 0 Å². The molecule has 0 spiro atoms. The molecule has 2 heterocycles. The van der Waals surface area contributed by atoms with Crippen LogP contribution in [0.2, 0.25) is 5.02 Å². The second kappa shape index (κ2) is 7.69. The first-order valence-corrected chi connectivity index (χ1v) is 8.13. The molecule has 7 nitrogen and oxygen atoms in total. The number of hydrogen-bond acceptors (Lipinski definition) is 6. The number of ether oxygens (including phenoxy) is 2. The number of nitrogens with one attached hydrogen (secondary N) is 3. The number of aromatic nitrogens is 1. The Morgan fingerprint density at radius 2 is 2.08 bits per heavy atom. The highest BCUT2D eigenvalue weighted by molar-refractivity contribution is 6.32. The molecule has 8 heteroatoms. The lowest BCUT2D eigenvalue weighted by atomic mass is 10.0. The van der Waals surface area contributed by atoms with Crippen LogP contribution < -0.4 is 25.6 Å². The van der Waals surface area contributed by atoms with Gasteiger partial charge in [0.05, 0.1) is 24.9 Å². The first-order valence-electron chi connectivity index (χ1n) is 7.75. The van der Waals surface area contributed by atoms with E-state index in [1.807, 2.05) is 12.1 Å². The number of hydrazine groups is 1. The van der Waals surface area contributed by atoms with Gasteiger partial charge in [-0.25, -0.2) is 10.9 Å². The van der Waals surface area contributed by atoms with Crippen molar-refractivity contribution in [2.24, 2.45) is 0 Å². The van der Waals surface area contributed by atoms with Crippen molar-refractivity contribution in [2.45, 2.75) is 18.5 Å². The Bertz CT molecular complexity index is 757. The molecule has 1 aromatic heterocycles. The molecule has 1 fully saturated rings. The molecule has 132 valence electrons. The molecule has 2 unspecified atom stereocenters. The van der Waals surface area contributed by atoms with Crippen molar-refractivity contribution in [1.82, 2.24) is 15.8 Å². The number of nitrogens with zero attached hydrogens (tertiary/aromatic N) is 1. The fourth-order valence-electron chi connectivity index (χ4n) is 2.71. The number of hydrogen-bond donors (Lipinski definition) is 3. The van der Waals surface area contributed by atoms with E-state index in [0.29, 0.717) is 28.6 Å². The molecule has 1 amide bonds. The Balaban J connectivity index is 1.70. The average molecular weight is 363 g/mol. The van der Waals surface area contributed by atoms with Gasteiger partial charge in [-0.15, -0.1) is 0 Å². The lowest BCUT2D eigenvalue weighted by molar-refractivity contribution is -0.117. The van der Waals surface area contributed by atoms with Gasteiger partial charge in [-0.3, -0.25) is 9.78 Å². The normalized spacial score (nSPS) is 19.5. The van der Waals surface area contributed by atoms with Crippen molar-refractivity contribution in [3.05, 3.63) is 47.2 Å². The number of rotatable bonds is 5. The Labute approximate surface area is 150 Å². The van der Waals surface area contributed by atoms with Crippen LogP contribution in [-0.4, -0.2) is 31.2 Å². The quantitative estimate of drug-likeness (QED) is 0.757. The minimum absolute atomic E-state index is 0.0193. The van der Waals surface area contributed by atoms with Gasteiger partial charge in [0.1, 0.15) is 17.5 Å². The Hall–Kier alpha value is -2.35. The molecule has 3 rings (SSSR count). The first kappa shape index (κ1) is 17.5. The van der Waals surface area contributed by atoms with Crippen molar-refractivity contribution in [1.29, 1.82) is 0 Å². The van der Waals surface area contributed by atoms with Crippen LogP contribution in [0.3, 0.4) is 0 Å². The number of anilines is 1. The molecule has 3 N–H and O–H groups in total. The fourth-order valence-corrected chi connectivity index (χ4v) is 2.95. The number of methoxy groups -OCH3 is 2. The molecule has 0 radical (unpaired) electrons. The molecule has 0 aliphatic carbocycles. The number of benzene rings is 1. The maximum Gasteiger partial charge on any atom is 0.243 e. The summed E-state index contributed by atoms with van der Waals surface area (Å²) in [4.78, 5) is 16.7. The number of carbonyl (C=O) groups is 1. The van der Waals surface area contributed by atoms with E-state index in [-0.39, 0.29) is 11.9 Å². The topological polar surface area (TPSA) is 84.5 Å². The van der Waals surface area contributed by atoms with E-state index in [9.17, 15) is 4.79 Å². The number of pyridine rings is 1. The summed E-state index contributed by atoms with van der Waals surface area (Å²) in [7, 11) is 3.04. The van der Waals surface area contributed by atoms with Crippen LogP contribution >= 0.6 is 11.6 Å². The predicted octanol–water partition coefficient (Wildman–Crippen LogP) is 2.30. The van der Waals surface area contributed by atoms with E-state index in [1.54, 1.807) is 24.5 Å². The second-order valence-corrected chi connectivity index (χ2v) is 6.00. The summed E-state index contributed by atoms with van der Waals surface area (Å²) in [6, 6.07) is 6.71. The monoisotopic (exact) mass is 362 g/mol. The van der Waals surface area contributed by atoms with Crippen LogP contribution in [0.5, 0.6) is 11.5 Å². The van der Waals surface area contributed by atoms with Crippen LogP contribution in [0.1, 0.15) is 18.0 Å². The van der Waals surface area contributed by atoms with Gasteiger partial charge >= 0.3 is 0 Å². The molecule has 2 aromatic rings. The van der Waals surface area contributed by atoms with Gasteiger partial charge in [0.25, 0.3) is 0 Å². The standard InChI is InChI=1S/C17H19ClN4O3/c1-24-15-8-16(25-2)13(6-11(15)18)20-17(23)14-7-12(21-22-14)10-4-3-5-19-9-10/h3-6,8-9,12,14,21-22H,7H2,1-2H3,(H,20,23). The van der Waals surface area contributed by atoms with Crippen molar-refractivity contribution in [3.8, 4) is 11.5 Å². The average Bonchev–Trinajstić information content (AvgIpc) is 3.13. The lowest BCUT2D eigenvalue weighted by Gasteiger charge is -2.15. The summed E-state index contributed by atoms with van der Waals surface area (Å²) in [6.45, 7) is 0. The highest BCUT2D eigenvalue weighted by atomic mass is 35.5. The molecule has 1 saturated heterocycles. The van der Waals surface area contributed by atoms with Crippen molar-refractivity contribution >= 4 is 23.2 Å². The van der Waals surface area contributed by atoms with Crippen LogP contribution in [0, 0.1) is 0 Å². The number of halogens is 1.